The highest BCUT2D eigenvalue weighted by Gasteiger charge is 2.29. The molecule has 9 heteroatoms. The zero-order valence-corrected chi connectivity index (χ0v) is 18.1. The van der Waals surface area contributed by atoms with Gasteiger partial charge in [0.15, 0.2) is 0 Å². The Balaban J connectivity index is 1.30. The van der Waals surface area contributed by atoms with Gasteiger partial charge in [0.2, 0.25) is 5.91 Å². The Morgan fingerprint density at radius 3 is 2.50 bits per heavy atom. The smallest absolute Gasteiger partial charge is 0.319 e. The first-order chi connectivity index (χ1) is 14.6. The molecule has 2 fully saturated rings. The summed E-state index contributed by atoms with van der Waals surface area (Å²) < 4.78 is 0. The third-order valence-corrected chi connectivity index (χ3v) is 7.13. The van der Waals surface area contributed by atoms with Crippen molar-refractivity contribution in [2.45, 2.75) is 25.4 Å². The highest BCUT2D eigenvalue weighted by molar-refractivity contribution is 8.14. The van der Waals surface area contributed by atoms with Crippen LogP contribution in [0.3, 0.4) is 0 Å². The van der Waals surface area contributed by atoms with Gasteiger partial charge in [0.1, 0.15) is 0 Å². The average molecular weight is 445 g/mol. The van der Waals surface area contributed by atoms with E-state index in [0.717, 1.165) is 30.4 Å². The lowest BCUT2D eigenvalue weighted by molar-refractivity contribution is -0.125. The van der Waals surface area contributed by atoms with Crippen LogP contribution in [0.2, 0.25) is 0 Å². The van der Waals surface area contributed by atoms with Crippen LogP contribution in [0.1, 0.15) is 29.3 Å². The van der Waals surface area contributed by atoms with E-state index in [-0.39, 0.29) is 35.5 Å². The lowest BCUT2D eigenvalue weighted by Crippen LogP contribution is -2.38. The van der Waals surface area contributed by atoms with Crippen LogP contribution in [0.5, 0.6) is 0 Å². The summed E-state index contributed by atoms with van der Waals surface area (Å²) in [6.07, 6.45) is 2.40. The number of carbonyl (C=O) groups excluding carboxylic acids is 3. The molecule has 2 aliphatic heterocycles. The van der Waals surface area contributed by atoms with Crippen molar-refractivity contribution in [3.05, 3.63) is 52.2 Å². The second-order valence-corrected chi connectivity index (χ2v) is 9.25. The van der Waals surface area contributed by atoms with Crippen molar-refractivity contribution in [2.75, 3.05) is 30.7 Å². The van der Waals surface area contributed by atoms with Gasteiger partial charge in [0.25, 0.3) is 5.24 Å². The molecule has 4 rings (SSSR count). The number of imide groups is 1. The van der Waals surface area contributed by atoms with Crippen LogP contribution < -0.4 is 10.6 Å². The maximum atomic E-state index is 12.4. The van der Waals surface area contributed by atoms with E-state index in [1.54, 1.807) is 23.5 Å². The minimum absolute atomic E-state index is 0.162. The molecule has 0 saturated carbocycles. The molecule has 2 aliphatic rings. The summed E-state index contributed by atoms with van der Waals surface area (Å²) in [5.41, 5.74) is 1.51. The number of nitrogens with zero attached hydrogens (tertiary/aromatic N) is 2. The third kappa shape index (κ3) is 5.03. The number of benzene rings is 1. The molecular weight excluding hydrogens is 420 g/mol. The maximum absolute atomic E-state index is 12.4. The highest BCUT2D eigenvalue weighted by atomic mass is 32.2. The van der Waals surface area contributed by atoms with E-state index >= 15 is 0 Å². The molecular formula is C21H24N4O3S2. The fraction of sp³-hybridized carbons (Fsp3) is 0.381. The van der Waals surface area contributed by atoms with Gasteiger partial charge in [-0.25, -0.2) is 4.79 Å². The van der Waals surface area contributed by atoms with Gasteiger partial charge in [0, 0.05) is 17.1 Å². The van der Waals surface area contributed by atoms with Crippen LogP contribution in [-0.4, -0.2) is 52.4 Å². The number of thioether (sulfide) groups is 1. The van der Waals surface area contributed by atoms with Gasteiger partial charge >= 0.3 is 6.03 Å². The Morgan fingerprint density at radius 2 is 1.87 bits per heavy atom. The summed E-state index contributed by atoms with van der Waals surface area (Å²) in [6, 6.07) is 11.3. The average Bonchev–Trinajstić information content (AvgIpc) is 3.50. The Kier molecular flexibility index (Phi) is 6.71. The van der Waals surface area contributed by atoms with Crippen LogP contribution in [0, 0.1) is 0 Å². The second kappa shape index (κ2) is 9.63. The summed E-state index contributed by atoms with van der Waals surface area (Å²) in [5.74, 6) is 0.0487. The summed E-state index contributed by atoms with van der Waals surface area (Å²) >= 11 is 2.75. The molecule has 158 valence electrons. The van der Waals surface area contributed by atoms with Crippen LogP contribution in [0.15, 0.2) is 41.8 Å². The van der Waals surface area contributed by atoms with Crippen LogP contribution in [0.4, 0.5) is 15.3 Å². The SMILES string of the molecule is O=C(NCC(c1cccs1)N1CCCC1)Nc1ccc(CN2C(=O)CSC2=O)cc1. The number of anilines is 1. The van der Waals surface area contributed by atoms with Crippen molar-refractivity contribution in [3.63, 3.8) is 0 Å². The molecule has 7 nitrogen and oxygen atoms in total. The van der Waals surface area contributed by atoms with Crippen molar-refractivity contribution in [1.82, 2.24) is 15.1 Å². The number of urea groups is 1. The number of hydrogen-bond acceptors (Lipinski definition) is 6. The Morgan fingerprint density at radius 1 is 1.10 bits per heavy atom. The topological polar surface area (TPSA) is 81.8 Å². The summed E-state index contributed by atoms with van der Waals surface area (Å²) in [6.45, 7) is 2.94. The zero-order valence-electron chi connectivity index (χ0n) is 16.5. The predicted molar refractivity (Wildman–Crippen MR) is 120 cm³/mol. The van der Waals surface area contributed by atoms with E-state index in [4.69, 9.17) is 0 Å². The van der Waals surface area contributed by atoms with E-state index in [9.17, 15) is 14.4 Å². The number of hydrogen-bond donors (Lipinski definition) is 2. The normalized spacial score (nSPS) is 18.1. The highest BCUT2D eigenvalue weighted by Crippen LogP contribution is 2.28. The first-order valence-corrected chi connectivity index (χ1v) is 11.8. The standard InChI is InChI=1S/C21H24N4O3S2/c26-19-14-30-21(28)25(19)13-15-5-7-16(8-6-15)23-20(27)22-12-17(18-4-3-11-29-18)24-9-1-2-10-24/h3-8,11,17H,1-2,9-10,12-14H2,(H2,22,23,27). The molecule has 2 N–H and O–H groups in total. The fourth-order valence-corrected chi connectivity index (χ4v) is 5.30. The van der Waals surface area contributed by atoms with Crippen molar-refractivity contribution in [1.29, 1.82) is 0 Å². The van der Waals surface area contributed by atoms with Crippen LogP contribution >= 0.6 is 23.1 Å². The van der Waals surface area contributed by atoms with Crippen LogP contribution in [-0.2, 0) is 11.3 Å². The third-order valence-electron chi connectivity index (χ3n) is 5.30. The molecule has 1 atom stereocenters. The number of nitrogens with one attached hydrogen (secondary N) is 2. The molecule has 0 radical (unpaired) electrons. The first-order valence-electron chi connectivity index (χ1n) is 9.98. The van der Waals surface area contributed by atoms with Gasteiger partial charge in [-0.3, -0.25) is 19.4 Å². The van der Waals surface area contributed by atoms with Crippen molar-refractivity contribution in [2.24, 2.45) is 0 Å². The molecule has 4 amide bonds. The van der Waals surface area contributed by atoms with Crippen molar-refractivity contribution in [3.8, 4) is 0 Å². The van der Waals surface area contributed by atoms with Gasteiger partial charge in [-0.05, 0) is 55.1 Å². The van der Waals surface area contributed by atoms with E-state index in [2.05, 4.69) is 27.0 Å². The molecule has 3 heterocycles. The first kappa shape index (κ1) is 20.9. The Hall–Kier alpha value is -2.36. The number of amides is 4. The van der Waals surface area contributed by atoms with Crippen molar-refractivity contribution < 1.29 is 14.4 Å². The minimum atomic E-state index is -0.246. The monoisotopic (exact) mass is 444 g/mol. The fourth-order valence-electron chi connectivity index (χ4n) is 3.72. The Labute approximate surface area is 183 Å². The number of carbonyl (C=O) groups is 3. The zero-order chi connectivity index (χ0) is 20.9. The Bertz CT molecular complexity index is 879. The van der Waals surface area contributed by atoms with Crippen molar-refractivity contribution >= 4 is 46.0 Å². The van der Waals surface area contributed by atoms with E-state index in [0.29, 0.717) is 12.2 Å². The van der Waals surface area contributed by atoms with E-state index in [1.165, 1.54) is 22.6 Å². The predicted octanol–water partition coefficient (Wildman–Crippen LogP) is 3.90. The number of thiophene rings is 1. The summed E-state index contributed by atoms with van der Waals surface area (Å²) in [4.78, 5) is 40.8. The molecule has 1 unspecified atom stereocenters. The quantitative estimate of drug-likeness (QED) is 0.677. The second-order valence-electron chi connectivity index (χ2n) is 7.34. The van der Waals surface area contributed by atoms with Gasteiger partial charge in [-0.1, -0.05) is 30.0 Å². The number of rotatable bonds is 7. The molecule has 0 bridgehead atoms. The van der Waals surface area contributed by atoms with Crippen LogP contribution in [0.25, 0.3) is 0 Å². The molecule has 2 aromatic rings. The lowest BCUT2D eigenvalue weighted by Gasteiger charge is -2.27. The lowest BCUT2D eigenvalue weighted by atomic mass is 10.2. The van der Waals surface area contributed by atoms with Gasteiger partial charge in [-0.15, -0.1) is 11.3 Å². The van der Waals surface area contributed by atoms with E-state index < -0.39 is 0 Å². The maximum Gasteiger partial charge on any atom is 0.319 e. The van der Waals surface area contributed by atoms with E-state index in [1.807, 2.05) is 18.2 Å². The molecule has 1 aromatic heterocycles. The molecule has 1 aromatic carbocycles. The largest absolute Gasteiger partial charge is 0.336 e. The number of likely N-dealkylation sites (tertiary alicyclic amines) is 1. The van der Waals surface area contributed by atoms with Gasteiger partial charge < -0.3 is 10.6 Å². The minimum Gasteiger partial charge on any atom is -0.336 e. The molecule has 30 heavy (non-hydrogen) atoms. The summed E-state index contributed by atoms with van der Waals surface area (Å²) in [7, 11) is 0. The van der Waals surface area contributed by atoms with Gasteiger partial charge in [-0.2, -0.15) is 0 Å². The molecule has 2 saturated heterocycles. The van der Waals surface area contributed by atoms with Gasteiger partial charge in [0.05, 0.1) is 18.3 Å². The summed E-state index contributed by atoms with van der Waals surface area (Å²) in [5, 5.41) is 7.71. The molecule has 0 spiro atoms. The molecule has 0 aliphatic carbocycles.